The van der Waals surface area contributed by atoms with E-state index in [1.54, 1.807) is 0 Å². The Bertz CT molecular complexity index is 5820. The second kappa shape index (κ2) is 23.9. The first-order chi connectivity index (χ1) is 47.6. The van der Waals surface area contributed by atoms with Crippen LogP contribution < -0.4 is 0 Å². The van der Waals surface area contributed by atoms with Gasteiger partial charge in [0.15, 0.2) is 5.82 Å². The fourth-order valence-corrected chi connectivity index (χ4v) is 15.0. The molecule has 2 aliphatic heterocycles. The van der Waals surface area contributed by atoms with Gasteiger partial charge in [-0.1, -0.05) is 328 Å². The average molecular weight is 1220 g/mol. The van der Waals surface area contributed by atoms with Crippen LogP contribution in [0.4, 0.5) is 0 Å². The average Bonchev–Trinajstić information content (AvgIpc) is 0.834. The number of rotatable bonds is 12. The highest BCUT2D eigenvalue weighted by molar-refractivity contribution is 6.24. The van der Waals surface area contributed by atoms with E-state index in [0.29, 0.717) is 5.82 Å². The van der Waals surface area contributed by atoms with E-state index in [4.69, 9.17) is 20.0 Å². The third kappa shape index (κ3) is 9.85. The van der Waals surface area contributed by atoms with Crippen LogP contribution in [0.25, 0.3) is 121 Å². The Morgan fingerprint density at radius 2 is 0.583 bits per heavy atom. The second-order valence-electron chi connectivity index (χ2n) is 25.0. The lowest BCUT2D eigenvalue weighted by Gasteiger charge is -2.21. The van der Waals surface area contributed by atoms with Crippen molar-refractivity contribution in [1.29, 1.82) is 0 Å². The molecule has 96 heavy (non-hydrogen) atoms. The maximum absolute atomic E-state index is 5.88. The molecule has 0 N–H and O–H groups in total. The first-order valence-electron chi connectivity index (χ1n) is 33.0. The van der Waals surface area contributed by atoms with E-state index >= 15 is 0 Å². The van der Waals surface area contributed by atoms with Gasteiger partial charge in [-0.15, -0.1) is 0 Å². The maximum atomic E-state index is 5.88. The quantitative estimate of drug-likeness (QED) is 0.114. The maximum Gasteiger partial charge on any atom is 0.160 e. The number of allylic oxidation sites excluding steroid dienone is 2. The lowest BCUT2D eigenvalue weighted by molar-refractivity contribution is 1.17. The molecule has 4 nitrogen and oxygen atoms in total. The summed E-state index contributed by atoms with van der Waals surface area (Å²) in [5.74, 6) is 0.284. The minimum absolute atomic E-state index is 0.170. The molecule has 18 rings (SSSR count). The van der Waals surface area contributed by atoms with Gasteiger partial charge in [0.25, 0.3) is 0 Å². The normalized spacial score (nSPS) is 14.7. The first kappa shape index (κ1) is 56.3. The predicted octanol–water partition coefficient (Wildman–Crippen LogP) is 23.2. The van der Waals surface area contributed by atoms with Crippen LogP contribution in [0.15, 0.2) is 362 Å². The molecule has 0 spiro atoms. The Morgan fingerprint density at radius 1 is 0.219 bits per heavy atom. The van der Waals surface area contributed by atoms with Crippen molar-refractivity contribution in [2.24, 2.45) is 9.98 Å². The fourth-order valence-electron chi connectivity index (χ4n) is 15.0. The monoisotopic (exact) mass is 1220 g/mol. The molecule has 0 saturated heterocycles. The number of aliphatic imine (C=N–C) groups is 2. The van der Waals surface area contributed by atoms with Crippen LogP contribution in [0.2, 0.25) is 0 Å². The van der Waals surface area contributed by atoms with E-state index in [0.717, 1.165) is 128 Å². The van der Waals surface area contributed by atoms with Gasteiger partial charge in [-0.05, 0) is 129 Å². The largest absolute Gasteiger partial charge is 0.251 e. The Morgan fingerprint density at radius 3 is 1.04 bits per heavy atom. The molecule has 15 aromatic carbocycles. The summed E-state index contributed by atoms with van der Waals surface area (Å²) in [6, 6.07) is 127. The van der Waals surface area contributed by atoms with Gasteiger partial charge in [-0.25, -0.2) is 9.97 Å². The zero-order chi connectivity index (χ0) is 63.5. The van der Waals surface area contributed by atoms with Crippen LogP contribution in [0.5, 0.6) is 0 Å². The summed E-state index contributed by atoms with van der Waals surface area (Å²) in [5.41, 5.74) is 23.2. The smallest absolute Gasteiger partial charge is 0.160 e. The lowest BCUT2D eigenvalue weighted by Crippen LogP contribution is -2.13. The van der Waals surface area contributed by atoms with Gasteiger partial charge < -0.3 is 0 Å². The molecule has 0 bridgehead atoms. The van der Waals surface area contributed by atoms with Crippen molar-refractivity contribution in [3.63, 3.8) is 0 Å². The van der Waals surface area contributed by atoms with Crippen molar-refractivity contribution in [1.82, 2.24) is 9.97 Å². The van der Waals surface area contributed by atoms with Crippen LogP contribution in [-0.4, -0.2) is 21.4 Å². The van der Waals surface area contributed by atoms with Crippen molar-refractivity contribution in [3.05, 3.63) is 396 Å². The zero-order valence-corrected chi connectivity index (χ0v) is 52.4. The molecule has 16 aromatic rings. The third-order valence-electron chi connectivity index (χ3n) is 19.5. The predicted molar refractivity (Wildman–Crippen MR) is 402 cm³/mol. The minimum atomic E-state index is -0.177. The van der Waals surface area contributed by atoms with Gasteiger partial charge in [0.2, 0.25) is 0 Å². The van der Waals surface area contributed by atoms with Crippen molar-refractivity contribution in [3.8, 4) is 44.9 Å². The summed E-state index contributed by atoms with van der Waals surface area (Å²) in [5, 5.41) is 10.5. The molecule has 2 atom stereocenters. The minimum Gasteiger partial charge on any atom is -0.251 e. The molecule has 1 aromatic heterocycles. The fraction of sp³-hybridized carbons (Fsp3) is 0.0217. The number of aromatic nitrogens is 2. The van der Waals surface area contributed by atoms with Crippen LogP contribution in [0.3, 0.4) is 0 Å². The molecule has 0 radical (unpaired) electrons. The number of fused-ring (bicyclic) bond motifs is 7. The standard InChI is InChI=1S/C92H60N4/c1-7-27-59(28-8-1)82-84(89(65-35-15-5-16-36-65)93-87(82)63-31-11-3-12-32-63)61-47-51-67(52-48-61)86-81-58-71(78-55-69-39-19-21-41-72(69)74-43-23-25-45-76(74)78)57-80(79-56-70-40-20-22-42-73(70)75-44-24-26-46-77(75)79)91(81)96-92(95-86)68-53-49-62(50-54-68)85-83(60-29-9-2-10-30-60)88(64-33-13-4-14-34-64)94-90(85)66-37-17-6-18-38-66/h1-58,84-85H. The first-order valence-corrected chi connectivity index (χ1v) is 33.0. The van der Waals surface area contributed by atoms with E-state index < -0.39 is 0 Å². The molecular weight excluding hydrogens is 1160 g/mol. The highest BCUT2D eigenvalue weighted by Gasteiger charge is 2.36. The van der Waals surface area contributed by atoms with Crippen LogP contribution in [0.1, 0.15) is 56.3 Å². The number of hydrogen-bond donors (Lipinski definition) is 0. The van der Waals surface area contributed by atoms with Gasteiger partial charge >= 0.3 is 0 Å². The Kier molecular flexibility index (Phi) is 14.0. The van der Waals surface area contributed by atoms with E-state index in [1.807, 2.05) is 0 Å². The summed E-state index contributed by atoms with van der Waals surface area (Å²) in [6.07, 6.45) is 0. The molecule has 4 heteroatoms. The summed E-state index contributed by atoms with van der Waals surface area (Å²) in [6.45, 7) is 0. The van der Waals surface area contributed by atoms with E-state index in [9.17, 15) is 0 Å². The highest BCUT2D eigenvalue weighted by atomic mass is 14.9. The molecule has 0 amide bonds. The van der Waals surface area contributed by atoms with Gasteiger partial charge in [-0.3, -0.25) is 9.98 Å². The summed E-state index contributed by atoms with van der Waals surface area (Å²) >= 11 is 0. The lowest BCUT2D eigenvalue weighted by atomic mass is 9.81. The van der Waals surface area contributed by atoms with Crippen molar-refractivity contribution >= 4 is 88.0 Å². The molecule has 2 unspecified atom stereocenters. The highest BCUT2D eigenvalue weighted by Crippen LogP contribution is 2.50. The molecule has 2 aliphatic rings. The summed E-state index contributed by atoms with van der Waals surface area (Å²) < 4.78 is 0. The molecular formula is C92H60N4. The number of hydrogen-bond acceptors (Lipinski definition) is 4. The van der Waals surface area contributed by atoms with Gasteiger partial charge in [-0.2, -0.15) is 0 Å². The summed E-state index contributed by atoms with van der Waals surface area (Å²) in [4.78, 5) is 23.0. The van der Waals surface area contributed by atoms with Crippen molar-refractivity contribution in [2.75, 3.05) is 0 Å². The van der Waals surface area contributed by atoms with Gasteiger partial charge in [0.05, 0.1) is 45.9 Å². The van der Waals surface area contributed by atoms with E-state index in [2.05, 4.69) is 352 Å². The van der Waals surface area contributed by atoms with Gasteiger partial charge in [0, 0.05) is 33.2 Å². The zero-order valence-electron chi connectivity index (χ0n) is 52.4. The Hall–Kier alpha value is -12.5. The SMILES string of the molecule is c1ccc(C2=NC(c3ccccc3)=C(c3ccccc3)C2c2ccc(-c3nc(-c4ccc(C5C(c6ccccc6)=NC(c6ccccc6)=C5c5ccccc5)cc4)c4cc(-c5cc6ccccc6c6ccccc56)cc(-c5cc6ccccc6c6ccccc56)c4n3)cc2)cc1. The molecule has 0 fully saturated rings. The van der Waals surface area contributed by atoms with Crippen molar-refractivity contribution < 1.29 is 0 Å². The van der Waals surface area contributed by atoms with Gasteiger partial charge in [0.1, 0.15) is 0 Å². The van der Waals surface area contributed by atoms with Crippen molar-refractivity contribution in [2.45, 2.75) is 11.8 Å². The third-order valence-corrected chi connectivity index (χ3v) is 19.5. The number of benzene rings is 15. The van der Waals surface area contributed by atoms with E-state index in [-0.39, 0.29) is 11.8 Å². The molecule has 0 aliphatic carbocycles. The van der Waals surface area contributed by atoms with Crippen LogP contribution in [-0.2, 0) is 0 Å². The summed E-state index contributed by atoms with van der Waals surface area (Å²) in [7, 11) is 0. The molecule has 448 valence electrons. The van der Waals surface area contributed by atoms with Crippen LogP contribution in [0, 0.1) is 0 Å². The molecule has 3 heterocycles. The van der Waals surface area contributed by atoms with E-state index in [1.165, 1.54) is 43.5 Å². The molecule has 0 saturated carbocycles. The topological polar surface area (TPSA) is 50.5 Å². The van der Waals surface area contributed by atoms with Crippen LogP contribution >= 0.6 is 0 Å². The Balaban J connectivity index is 0.882. The number of nitrogens with zero attached hydrogens (tertiary/aromatic N) is 4. The second-order valence-corrected chi connectivity index (χ2v) is 25.0. The Labute approximate surface area is 557 Å².